The molecule has 5 rings (SSSR count). The zero-order valence-corrected chi connectivity index (χ0v) is 24.6. The van der Waals surface area contributed by atoms with Gasteiger partial charge in [0.15, 0.2) is 5.78 Å². The van der Waals surface area contributed by atoms with Crippen molar-refractivity contribution in [3.63, 3.8) is 0 Å². The Balaban J connectivity index is 0.000000593. The van der Waals surface area contributed by atoms with E-state index in [1.54, 1.807) is 6.08 Å². The van der Waals surface area contributed by atoms with E-state index < -0.39 is 15.2 Å². The molecule has 0 aliphatic heterocycles. The number of benzene rings is 3. The van der Waals surface area contributed by atoms with Gasteiger partial charge in [-0.05, 0) is 74.9 Å². The normalized spacial score (nSPS) is 13.5. The molecule has 0 atom stereocenters. The Kier molecular flexibility index (Phi) is 21.0. The van der Waals surface area contributed by atoms with Crippen LogP contribution in [0.3, 0.4) is 0 Å². The summed E-state index contributed by atoms with van der Waals surface area (Å²) in [5, 5.41) is 4.19. The van der Waals surface area contributed by atoms with Crippen LogP contribution in [0.4, 0.5) is 17.3 Å². The molecule has 1 saturated carbocycles. The molecular formula is C29H28BF4NO2PRe-. The molecule has 3 nitrogen and oxygen atoms in total. The van der Waals surface area contributed by atoms with Crippen LogP contribution in [0.5, 0.6) is 0 Å². The molecule has 0 saturated heterocycles. The predicted octanol–water partition coefficient (Wildman–Crippen LogP) is 6.61. The van der Waals surface area contributed by atoms with Crippen LogP contribution in [0.1, 0.15) is 19.3 Å². The van der Waals surface area contributed by atoms with Crippen LogP contribution in [0.2, 0.25) is 0 Å². The van der Waals surface area contributed by atoms with Crippen molar-refractivity contribution in [2.45, 2.75) is 19.3 Å². The van der Waals surface area contributed by atoms with Gasteiger partial charge >= 0.3 is 7.25 Å². The van der Waals surface area contributed by atoms with Gasteiger partial charge in [0, 0.05) is 26.8 Å². The summed E-state index contributed by atoms with van der Waals surface area (Å²) in [5.74, 6) is 0.284. The molecule has 7 radical (unpaired) electrons. The number of carbonyl (C=O) groups excluding carboxylic acids is 1. The van der Waals surface area contributed by atoms with Crippen molar-refractivity contribution in [2.75, 3.05) is 0 Å². The Hall–Kier alpha value is -2.45. The van der Waals surface area contributed by atoms with Crippen LogP contribution < -0.4 is 21.5 Å². The van der Waals surface area contributed by atoms with Crippen LogP contribution >= 0.6 is 7.92 Å². The van der Waals surface area contributed by atoms with E-state index in [2.05, 4.69) is 91.0 Å². The SMILES string of the molecule is F[B-](F)(F)F.O=C1C=CCCC1.[CH]1[CH][CH][CH][CH]1.[N]=O.[Re].c1ccc(P(c2ccccc2)c2ccccc2)cc1. The van der Waals surface area contributed by atoms with Gasteiger partial charge in [0.05, 0.1) is 0 Å². The molecule has 0 N–H and O–H groups in total. The van der Waals surface area contributed by atoms with Gasteiger partial charge in [-0.3, -0.25) is 4.79 Å². The zero-order chi connectivity index (χ0) is 28.1. The molecule has 2 aliphatic rings. The molecule has 0 aromatic heterocycles. The summed E-state index contributed by atoms with van der Waals surface area (Å²) < 4.78 is 39.0. The van der Waals surface area contributed by atoms with E-state index in [4.69, 9.17) is 10.5 Å². The summed E-state index contributed by atoms with van der Waals surface area (Å²) in [4.78, 5) is 17.6. The topological polar surface area (TPSA) is 56.4 Å². The van der Waals surface area contributed by atoms with Crippen molar-refractivity contribution in [2.24, 2.45) is 0 Å². The molecule has 0 heterocycles. The summed E-state index contributed by atoms with van der Waals surface area (Å²) >= 11 is 0. The Morgan fingerprint density at radius 1 is 0.615 bits per heavy atom. The fourth-order valence-electron chi connectivity index (χ4n) is 3.19. The van der Waals surface area contributed by atoms with E-state index in [1.807, 2.05) is 38.2 Å². The molecule has 0 spiro atoms. The number of ketones is 1. The summed E-state index contributed by atoms with van der Waals surface area (Å²) in [6.07, 6.45) is 16.5. The van der Waals surface area contributed by atoms with Crippen molar-refractivity contribution < 1.29 is 42.5 Å². The second-order valence-electron chi connectivity index (χ2n) is 7.56. The Morgan fingerprint density at radius 2 is 0.923 bits per heavy atom. The van der Waals surface area contributed by atoms with Gasteiger partial charge in [-0.2, -0.15) is 0 Å². The first-order valence-electron chi connectivity index (χ1n) is 11.7. The fraction of sp³-hybridized carbons (Fsp3) is 0.103. The zero-order valence-electron chi connectivity index (χ0n) is 21.0. The number of nitroso groups, excluding NO2 is 1. The second-order valence-corrected chi connectivity index (χ2v) is 9.78. The minimum absolute atomic E-state index is 0. The average Bonchev–Trinajstić information content (AvgIpc) is 3.53. The van der Waals surface area contributed by atoms with E-state index in [-0.39, 0.29) is 26.2 Å². The van der Waals surface area contributed by atoms with Crippen LogP contribution in [-0.4, -0.2) is 13.0 Å². The maximum Gasteiger partial charge on any atom is 0.673 e. The number of halogens is 4. The summed E-state index contributed by atoms with van der Waals surface area (Å²) in [6, 6.07) is 32.3. The number of nitrogens with zero attached hydrogens (tertiary/aromatic N) is 1. The van der Waals surface area contributed by atoms with Crippen LogP contribution in [0, 0.1) is 37.0 Å². The van der Waals surface area contributed by atoms with Gasteiger partial charge in [-0.25, -0.2) is 0 Å². The third-order valence-corrected chi connectivity index (χ3v) is 7.14. The van der Waals surface area contributed by atoms with Gasteiger partial charge in [-0.15, -0.1) is 4.91 Å². The second kappa shape index (κ2) is 22.4. The van der Waals surface area contributed by atoms with E-state index in [9.17, 15) is 22.1 Å². The molecule has 3 aromatic carbocycles. The number of hydrogen-bond acceptors (Lipinski definition) is 2. The maximum absolute atomic E-state index is 10.4. The molecule has 1 fully saturated rings. The number of carbonyl (C=O) groups is 1. The van der Waals surface area contributed by atoms with Crippen LogP contribution in [-0.2, 0) is 25.2 Å². The van der Waals surface area contributed by atoms with Crippen molar-refractivity contribution >= 4 is 36.9 Å². The Morgan fingerprint density at radius 3 is 1.13 bits per heavy atom. The average molecular weight is 727 g/mol. The molecule has 2 aliphatic carbocycles. The molecular weight excluding hydrogens is 698 g/mol. The molecule has 205 valence electrons. The Labute approximate surface area is 243 Å². The molecule has 0 amide bonds. The smallest absolute Gasteiger partial charge is 0.418 e. The first-order valence-corrected chi connectivity index (χ1v) is 13.1. The van der Waals surface area contributed by atoms with Gasteiger partial charge in [0.2, 0.25) is 0 Å². The monoisotopic (exact) mass is 727 g/mol. The van der Waals surface area contributed by atoms with Crippen molar-refractivity contribution in [3.8, 4) is 0 Å². The first-order chi connectivity index (χ1) is 18.3. The summed E-state index contributed by atoms with van der Waals surface area (Å²) in [6.45, 7) is 0. The van der Waals surface area contributed by atoms with Crippen molar-refractivity contribution in [1.29, 1.82) is 0 Å². The van der Waals surface area contributed by atoms with Gasteiger partial charge < -0.3 is 17.3 Å². The van der Waals surface area contributed by atoms with Crippen molar-refractivity contribution in [1.82, 2.24) is 5.59 Å². The third-order valence-electron chi connectivity index (χ3n) is 4.70. The van der Waals surface area contributed by atoms with E-state index in [0.29, 0.717) is 0 Å². The number of allylic oxidation sites excluding steroid dienone is 2. The van der Waals surface area contributed by atoms with Gasteiger partial charge in [0.25, 0.3) is 0 Å². The quantitative estimate of drug-likeness (QED) is 0.173. The van der Waals surface area contributed by atoms with Gasteiger partial charge in [0.1, 0.15) is 5.59 Å². The molecule has 3 aromatic rings. The summed E-state index contributed by atoms with van der Waals surface area (Å²) in [7, 11) is -6.45. The predicted molar refractivity (Wildman–Crippen MR) is 150 cm³/mol. The molecule has 0 bridgehead atoms. The van der Waals surface area contributed by atoms with Gasteiger partial charge in [-0.1, -0.05) is 97.1 Å². The minimum Gasteiger partial charge on any atom is -0.418 e. The van der Waals surface area contributed by atoms with E-state index >= 15 is 0 Å². The third kappa shape index (κ3) is 18.5. The van der Waals surface area contributed by atoms with Crippen molar-refractivity contribution in [3.05, 3.63) is 140 Å². The van der Waals surface area contributed by atoms with Crippen LogP contribution in [0.25, 0.3) is 0 Å². The number of hydrogen-bond donors (Lipinski definition) is 0. The Bertz CT molecular complexity index is 934. The standard InChI is InChI=1S/C18H15P.C6H8O.C5H5.BF4.NO.Re/c1-4-10-16(11-5-1)19(17-12-6-2-7-13-17)18-14-8-3-9-15-18;7-6-4-2-1-3-5-6;1-2-4-5-3-1;2-1(3,4)5;1-2;/h1-15H;2,4H,1,3,5H2;1-5H;;;/q;;;-1;;. The molecule has 39 heavy (non-hydrogen) atoms. The molecule has 0 unspecified atom stereocenters. The minimum atomic E-state index is -6.00. The first kappa shape index (κ1) is 36.5. The van der Waals surface area contributed by atoms with Crippen LogP contribution in [0.15, 0.2) is 103 Å². The largest absolute Gasteiger partial charge is 0.673 e. The maximum atomic E-state index is 10.4. The molecule has 10 heteroatoms. The summed E-state index contributed by atoms with van der Waals surface area (Å²) in [5.41, 5.74) is 5.75. The number of rotatable bonds is 3. The van der Waals surface area contributed by atoms with E-state index in [0.717, 1.165) is 19.3 Å². The van der Waals surface area contributed by atoms with E-state index in [1.165, 1.54) is 15.9 Å². The fourth-order valence-corrected chi connectivity index (χ4v) is 5.50.